The molecular weight excluding hydrogens is 527 g/mol. The van der Waals surface area contributed by atoms with E-state index in [2.05, 4.69) is 25.2 Å². The highest BCUT2D eigenvalue weighted by molar-refractivity contribution is 6.03. The van der Waals surface area contributed by atoms with E-state index in [1.54, 1.807) is 30.6 Å². The van der Waals surface area contributed by atoms with Crippen LogP contribution in [0.4, 0.5) is 10.1 Å². The Labute approximate surface area is 235 Å². The molecule has 1 fully saturated rings. The molecule has 11 heteroatoms. The molecule has 1 aliphatic heterocycles. The molecule has 0 saturated carbocycles. The van der Waals surface area contributed by atoms with Gasteiger partial charge < -0.3 is 19.2 Å². The number of nitrogens with one attached hydrogen (secondary N) is 1. The molecule has 210 valence electrons. The predicted molar refractivity (Wildman–Crippen MR) is 151 cm³/mol. The summed E-state index contributed by atoms with van der Waals surface area (Å²) in [6, 6.07) is 12.1. The molecule has 1 aliphatic rings. The lowest BCUT2D eigenvalue weighted by molar-refractivity contribution is 0.0322. The van der Waals surface area contributed by atoms with Crippen molar-refractivity contribution in [3.63, 3.8) is 0 Å². The second-order valence-electron chi connectivity index (χ2n) is 9.80. The third-order valence-electron chi connectivity index (χ3n) is 6.89. The molecule has 0 unspecified atom stereocenters. The fourth-order valence-electron chi connectivity index (χ4n) is 4.75. The van der Waals surface area contributed by atoms with Crippen molar-refractivity contribution in [3.05, 3.63) is 84.2 Å². The van der Waals surface area contributed by atoms with Crippen LogP contribution in [0.5, 0.6) is 5.75 Å². The Bertz CT molecular complexity index is 1690. The number of halogens is 1. The van der Waals surface area contributed by atoms with Crippen molar-refractivity contribution in [1.82, 2.24) is 24.3 Å². The Morgan fingerprint density at radius 2 is 1.85 bits per heavy atom. The van der Waals surface area contributed by atoms with Gasteiger partial charge in [0.25, 0.3) is 5.91 Å². The maximum Gasteiger partial charge on any atom is 0.293 e. The van der Waals surface area contributed by atoms with Gasteiger partial charge in [0.1, 0.15) is 18.2 Å². The van der Waals surface area contributed by atoms with Gasteiger partial charge >= 0.3 is 0 Å². The first-order valence-corrected chi connectivity index (χ1v) is 13.4. The number of amides is 1. The van der Waals surface area contributed by atoms with Gasteiger partial charge in [-0.25, -0.2) is 19.3 Å². The number of benzene rings is 2. The lowest BCUT2D eigenvalue weighted by Crippen LogP contribution is -2.38. The van der Waals surface area contributed by atoms with Crippen LogP contribution in [0.1, 0.15) is 22.1 Å². The first-order valence-electron chi connectivity index (χ1n) is 13.4. The zero-order valence-corrected chi connectivity index (χ0v) is 22.8. The number of imidazole rings is 1. The standard InChI is InChI=1S/C30H29FN6O4/c1-19-28(41-20(2)33-19)29(38)34-23-5-8-26(31)25(15-23)27-18-37-17-22(16-32-30(37)35-27)21-3-6-24(7-4-21)40-14-11-36-9-12-39-13-10-36/h3-8,15-18H,9-14H2,1-2H3,(H,34,38). The summed E-state index contributed by atoms with van der Waals surface area (Å²) in [6.45, 7) is 8.26. The molecule has 1 amide bonds. The maximum atomic E-state index is 14.9. The van der Waals surface area contributed by atoms with Gasteiger partial charge in [0, 0.05) is 62.0 Å². The quantitative estimate of drug-likeness (QED) is 0.291. The van der Waals surface area contributed by atoms with Crippen LogP contribution < -0.4 is 10.1 Å². The maximum absolute atomic E-state index is 14.9. The summed E-state index contributed by atoms with van der Waals surface area (Å²) < 4.78 is 33.3. The van der Waals surface area contributed by atoms with Crippen LogP contribution in [0, 0.1) is 19.7 Å². The number of aromatic nitrogens is 4. The molecule has 4 heterocycles. The van der Waals surface area contributed by atoms with Crippen molar-refractivity contribution in [2.75, 3.05) is 44.8 Å². The number of hydrogen-bond donors (Lipinski definition) is 1. The zero-order valence-electron chi connectivity index (χ0n) is 22.8. The number of rotatable bonds is 8. The fourth-order valence-corrected chi connectivity index (χ4v) is 4.75. The number of morpholine rings is 1. The molecule has 1 N–H and O–H groups in total. The molecule has 2 aromatic carbocycles. The molecule has 5 aromatic rings. The summed E-state index contributed by atoms with van der Waals surface area (Å²) in [6.07, 6.45) is 5.34. The van der Waals surface area contributed by atoms with Crippen molar-refractivity contribution >= 4 is 17.4 Å². The Morgan fingerprint density at radius 1 is 1.05 bits per heavy atom. The molecule has 41 heavy (non-hydrogen) atoms. The van der Waals surface area contributed by atoms with Gasteiger partial charge in [-0.15, -0.1) is 0 Å². The minimum Gasteiger partial charge on any atom is -0.492 e. The van der Waals surface area contributed by atoms with Crippen LogP contribution >= 0.6 is 0 Å². The summed E-state index contributed by atoms with van der Waals surface area (Å²) >= 11 is 0. The van der Waals surface area contributed by atoms with Crippen LogP contribution in [0.25, 0.3) is 28.2 Å². The van der Waals surface area contributed by atoms with Crippen LogP contribution in [0.3, 0.4) is 0 Å². The van der Waals surface area contributed by atoms with Gasteiger partial charge in [0.15, 0.2) is 5.89 Å². The summed E-state index contributed by atoms with van der Waals surface area (Å²) in [7, 11) is 0. The van der Waals surface area contributed by atoms with E-state index in [1.165, 1.54) is 18.2 Å². The molecule has 0 atom stereocenters. The average molecular weight is 557 g/mol. The largest absolute Gasteiger partial charge is 0.492 e. The van der Waals surface area contributed by atoms with Crippen molar-refractivity contribution in [1.29, 1.82) is 0 Å². The highest BCUT2D eigenvalue weighted by Crippen LogP contribution is 2.28. The number of carbonyl (C=O) groups is 1. The fraction of sp³-hybridized carbons (Fsp3) is 0.267. The number of ether oxygens (including phenoxy) is 2. The van der Waals surface area contributed by atoms with Gasteiger partial charge in [-0.1, -0.05) is 12.1 Å². The number of oxazole rings is 1. The van der Waals surface area contributed by atoms with Crippen LogP contribution in [0.15, 0.2) is 65.5 Å². The first-order chi connectivity index (χ1) is 19.9. The monoisotopic (exact) mass is 556 g/mol. The highest BCUT2D eigenvalue weighted by atomic mass is 19.1. The molecular formula is C30H29FN6O4. The number of aryl methyl sites for hydroxylation is 2. The van der Waals surface area contributed by atoms with Crippen molar-refractivity contribution in [3.8, 4) is 28.1 Å². The minimum absolute atomic E-state index is 0.116. The molecule has 10 nitrogen and oxygen atoms in total. The second kappa shape index (κ2) is 11.5. The Morgan fingerprint density at radius 3 is 2.61 bits per heavy atom. The van der Waals surface area contributed by atoms with Crippen LogP contribution in [0.2, 0.25) is 0 Å². The van der Waals surface area contributed by atoms with Gasteiger partial charge in [0.05, 0.1) is 24.6 Å². The Hall–Kier alpha value is -4.61. The number of hydrogen-bond acceptors (Lipinski definition) is 8. The number of nitrogens with zero attached hydrogens (tertiary/aromatic N) is 5. The molecule has 3 aromatic heterocycles. The highest BCUT2D eigenvalue weighted by Gasteiger charge is 2.18. The molecule has 0 aliphatic carbocycles. The van der Waals surface area contributed by atoms with E-state index >= 15 is 0 Å². The SMILES string of the molecule is Cc1nc(C)c(C(=O)Nc2ccc(F)c(-c3cn4cc(-c5ccc(OCCN6CCOCC6)cc5)cnc4n3)c2)o1. The van der Waals surface area contributed by atoms with Crippen LogP contribution in [-0.4, -0.2) is 69.6 Å². The van der Waals surface area contributed by atoms with Crippen molar-refractivity contribution in [2.45, 2.75) is 13.8 Å². The molecule has 0 radical (unpaired) electrons. The van der Waals surface area contributed by atoms with Gasteiger partial charge in [-0.3, -0.25) is 14.1 Å². The summed E-state index contributed by atoms with van der Waals surface area (Å²) in [4.78, 5) is 28.1. The number of carbonyl (C=O) groups excluding carboxylic acids is 1. The topological polar surface area (TPSA) is 107 Å². The lowest BCUT2D eigenvalue weighted by atomic mass is 10.1. The minimum atomic E-state index is -0.470. The molecule has 1 saturated heterocycles. The smallest absolute Gasteiger partial charge is 0.293 e. The number of fused-ring (bicyclic) bond motifs is 1. The molecule has 6 rings (SSSR count). The predicted octanol–water partition coefficient (Wildman–Crippen LogP) is 4.77. The first kappa shape index (κ1) is 26.6. The summed E-state index contributed by atoms with van der Waals surface area (Å²) in [5.74, 6) is 0.807. The molecule has 0 spiro atoms. The van der Waals surface area contributed by atoms with Gasteiger partial charge in [0.2, 0.25) is 11.5 Å². The van der Waals surface area contributed by atoms with Gasteiger partial charge in [-0.05, 0) is 42.8 Å². The zero-order chi connectivity index (χ0) is 28.3. The van der Waals surface area contributed by atoms with Gasteiger partial charge in [-0.2, -0.15) is 0 Å². The lowest BCUT2D eigenvalue weighted by Gasteiger charge is -2.26. The van der Waals surface area contributed by atoms with Crippen LogP contribution in [-0.2, 0) is 4.74 Å². The average Bonchev–Trinajstić information content (AvgIpc) is 3.56. The van der Waals surface area contributed by atoms with E-state index < -0.39 is 11.7 Å². The second-order valence-corrected chi connectivity index (χ2v) is 9.80. The summed E-state index contributed by atoms with van der Waals surface area (Å²) in [5.41, 5.74) is 3.34. The van der Waals surface area contributed by atoms with E-state index in [9.17, 15) is 9.18 Å². The Balaban J connectivity index is 1.16. The molecule has 0 bridgehead atoms. The normalized spacial score (nSPS) is 13.9. The van der Waals surface area contributed by atoms with E-state index in [1.807, 2.05) is 30.5 Å². The van der Waals surface area contributed by atoms with E-state index in [-0.39, 0.29) is 11.3 Å². The van der Waals surface area contributed by atoms with Crippen molar-refractivity contribution < 1.29 is 23.1 Å². The number of anilines is 1. The third kappa shape index (κ3) is 5.96. The van der Waals surface area contributed by atoms with E-state index in [4.69, 9.17) is 13.9 Å². The summed E-state index contributed by atoms with van der Waals surface area (Å²) in [5, 5.41) is 2.74. The third-order valence-corrected chi connectivity index (χ3v) is 6.89. The van der Waals surface area contributed by atoms with E-state index in [0.29, 0.717) is 35.4 Å². The Kier molecular flexibility index (Phi) is 7.45. The van der Waals surface area contributed by atoms with E-state index in [0.717, 1.165) is 49.7 Å². The van der Waals surface area contributed by atoms with Crippen molar-refractivity contribution in [2.24, 2.45) is 0 Å².